The third-order valence-corrected chi connectivity index (χ3v) is 4.18. The van der Waals surface area contributed by atoms with Crippen molar-refractivity contribution in [2.24, 2.45) is 0 Å². The number of carbonyl (C=O) groups is 1. The van der Waals surface area contributed by atoms with Crippen molar-refractivity contribution in [2.45, 2.75) is 57.7 Å². The quantitative estimate of drug-likeness (QED) is 0.812. The van der Waals surface area contributed by atoms with E-state index < -0.39 is 5.60 Å². The fourth-order valence-corrected chi connectivity index (χ4v) is 3.07. The van der Waals surface area contributed by atoms with Crippen molar-refractivity contribution < 1.29 is 14.6 Å². The number of ether oxygens (including phenoxy) is 1. The number of amides is 1. The lowest BCUT2D eigenvalue weighted by molar-refractivity contribution is 0.00658. The van der Waals surface area contributed by atoms with Crippen LogP contribution < -0.4 is 5.32 Å². The van der Waals surface area contributed by atoms with E-state index in [2.05, 4.69) is 17.4 Å². The first-order valence-electron chi connectivity index (χ1n) is 8.79. The summed E-state index contributed by atoms with van der Waals surface area (Å²) >= 11 is 0. The molecule has 1 heterocycles. The lowest BCUT2D eigenvalue weighted by Gasteiger charge is -2.40. The predicted molar refractivity (Wildman–Crippen MR) is 94.9 cm³/mol. The molecule has 5 nitrogen and oxygen atoms in total. The monoisotopic (exact) mass is 334 g/mol. The average Bonchev–Trinajstić information content (AvgIpc) is 2.54. The Kier molecular flexibility index (Phi) is 6.63. The molecule has 2 rings (SSSR count). The van der Waals surface area contributed by atoms with Crippen molar-refractivity contribution in [3.8, 4) is 0 Å². The molecule has 1 fully saturated rings. The lowest BCUT2D eigenvalue weighted by Crippen LogP contribution is -2.48. The van der Waals surface area contributed by atoms with E-state index >= 15 is 0 Å². The van der Waals surface area contributed by atoms with E-state index in [0.717, 1.165) is 31.4 Å². The van der Waals surface area contributed by atoms with Crippen LogP contribution in [0.3, 0.4) is 0 Å². The van der Waals surface area contributed by atoms with Gasteiger partial charge in [-0.05, 0) is 52.1 Å². The molecule has 5 heteroatoms. The van der Waals surface area contributed by atoms with Crippen LogP contribution in [-0.2, 0) is 4.74 Å². The van der Waals surface area contributed by atoms with Crippen molar-refractivity contribution >= 4 is 6.09 Å². The van der Waals surface area contributed by atoms with Crippen LogP contribution in [0.4, 0.5) is 4.79 Å². The minimum Gasteiger partial charge on any atom is -0.444 e. The average molecular weight is 334 g/mol. The number of nitrogens with zero attached hydrogens (tertiary/aromatic N) is 1. The number of likely N-dealkylation sites (tertiary alicyclic amines) is 1. The van der Waals surface area contributed by atoms with Gasteiger partial charge in [0, 0.05) is 19.2 Å². The highest BCUT2D eigenvalue weighted by Gasteiger charge is 2.34. The number of hydrogen-bond acceptors (Lipinski definition) is 4. The molecule has 1 aliphatic rings. The van der Waals surface area contributed by atoms with Gasteiger partial charge in [-0.3, -0.25) is 0 Å². The fourth-order valence-electron chi connectivity index (χ4n) is 3.07. The van der Waals surface area contributed by atoms with Gasteiger partial charge >= 0.3 is 6.09 Å². The van der Waals surface area contributed by atoms with Crippen LogP contribution in [-0.4, -0.2) is 47.4 Å². The smallest absolute Gasteiger partial charge is 0.410 e. The molecule has 1 aliphatic heterocycles. The van der Waals surface area contributed by atoms with Crippen molar-refractivity contribution in [2.75, 3.05) is 19.7 Å². The lowest BCUT2D eigenvalue weighted by atomic mass is 9.92. The summed E-state index contributed by atoms with van der Waals surface area (Å²) in [5, 5.41) is 12.4. The van der Waals surface area contributed by atoms with Crippen molar-refractivity contribution in [1.82, 2.24) is 10.2 Å². The summed E-state index contributed by atoms with van der Waals surface area (Å²) < 4.78 is 5.60. The van der Waals surface area contributed by atoms with Gasteiger partial charge in [0.15, 0.2) is 0 Å². The van der Waals surface area contributed by atoms with Crippen LogP contribution in [0, 0.1) is 0 Å². The highest BCUT2D eigenvalue weighted by molar-refractivity contribution is 5.69. The Morgan fingerprint density at radius 1 is 1.33 bits per heavy atom. The second kappa shape index (κ2) is 8.49. The van der Waals surface area contributed by atoms with Crippen LogP contribution in [0.1, 0.15) is 51.6 Å². The Bertz CT molecular complexity index is 513. The van der Waals surface area contributed by atoms with E-state index in [1.165, 1.54) is 0 Å². The SMILES string of the molecule is CC(C)(C)OC(=O)N1CCC(NCCCO)CC1c1ccccc1. The number of nitrogens with one attached hydrogen (secondary N) is 1. The Morgan fingerprint density at radius 3 is 2.67 bits per heavy atom. The van der Waals surface area contributed by atoms with Gasteiger partial charge in [0.25, 0.3) is 0 Å². The van der Waals surface area contributed by atoms with Crippen LogP contribution >= 0.6 is 0 Å². The van der Waals surface area contributed by atoms with Gasteiger partial charge in [-0.1, -0.05) is 30.3 Å². The third kappa shape index (κ3) is 5.49. The minimum atomic E-state index is -0.492. The predicted octanol–water partition coefficient (Wildman–Crippen LogP) is 3.10. The standard InChI is InChI=1S/C19H30N2O3/c1-19(2,3)24-18(23)21-12-10-16(20-11-7-13-22)14-17(21)15-8-5-4-6-9-15/h4-6,8-9,16-17,20,22H,7,10-14H2,1-3H3. The summed E-state index contributed by atoms with van der Waals surface area (Å²) in [4.78, 5) is 14.5. The first kappa shape index (κ1) is 18.7. The van der Waals surface area contributed by atoms with E-state index in [1.807, 2.05) is 43.9 Å². The molecule has 0 saturated carbocycles. The van der Waals surface area contributed by atoms with Crippen molar-refractivity contribution in [3.63, 3.8) is 0 Å². The third-order valence-electron chi connectivity index (χ3n) is 4.18. The molecule has 0 radical (unpaired) electrons. The molecule has 24 heavy (non-hydrogen) atoms. The highest BCUT2D eigenvalue weighted by Crippen LogP contribution is 2.32. The molecule has 1 amide bonds. The summed E-state index contributed by atoms with van der Waals surface area (Å²) in [5.74, 6) is 0. The van der Waals surface area contributed by atoms with Crippen LogP contribution in [0.25, 0.3) is 0 Å². The number of benzene rings is 1. The summed E-state index contributed by atoms with van der Waals surface area (Å²) in [7, 11) is 0. The van der Waals surface area contributed by atoms with Crippen LogP contribution in [0.2, 0.25) is 0 Å². The number of aliphatic hydroxyl groups excluding tert-OH is 1. The number of piperidine rings is 1. The zero-order chi connectivity index (χ0) is 17.6. The molecule has 2 unspecified atom stereocenters. The zero-order valence-electron chi connectivity index (χ0n) is 15.0. The molecule has 134 valence electrons. The Hall–Kier alpha value is -1.59. The Labute approximate surface area is 145 Å². The maximum Gasteiger partial charge on any atom is 0.410 e. The summed E-state index contributed by atoms with van der Waals surface area (Å²) in [6.07, 6.45) is 2.26. The minimum absolute atomic E-state index is 0.0152. The molecule has 0 spiro atoms. The molecular weight excluding hydrogens is 304 g/mol. The van der Waals surface area contributed by atoms with E-state index in [-0.39, 0.29) is 18.7 Å². The van der Waals surface area contributed by atoms with Crippen molar-refractivity contribution in [3.05, 3.63) is 35.9 Å². The maximum absolute atomic E-state index is 12.6. The molecule has 1 aromatic carbocycles. The van der Waals surface area contributed by atoms with Gasteiger partial charge in [0.2, 0.25) is 0 Å². The molecule has 2 N–H and O–H groups in total. The van der Waals surface area contributed by atoms with Gasteiger partial charge < -0.3 is 20.1 Å². The molecule has 0 bridgehead atoms. The van der Waals surface area contributed by atoms with Gasteiger partial charge in [-0.25, -0.2) is 4.79 Å². The first-order valence-corrected chi connectivity index (χ1v) is 8.79. The van der Waals surface area contributed by atoms with Gasteiger partial charge in [0.1, 0.15) is 5.60 Å². The number of hydrogen-bond donors (Lipinski definition) is 2. The maximum atomic E-state index is 12.6. The number of aliphatic hydroxyl groups is 1. The molecule has 0 aliphatic carbocycles. The molecule has 1 aromatic rings. The Morgan fingerprint density at radius 2 is 2.04 bits per heavy atom. The second-order valence-electron chi connectivity index (χ2n) is 7.35. The fraction of sp³-hybridized carbons (Fsp3) is 0.632. The summed E-state index contributed by atoms with van der Waals surface area (Å²) in [6, 6.07) is 10.5. The first-order chi connectivity index (χ1) is 11.4. The van der Waals surface area contributed by atoms with Crippen LogP contribution in [0.5, 0.6) is 0 Å². The second-order valence-corrected chi connectivity index (χ2v) is 7.35. The largest absolute Gasteiger partial charge is 0.444 e. The molecular formula is C19H30N2O3. The van der Waals surface area contributed by atoms with E-state index in [9.17, 15) is 4.79 Å². The molecule has 1 saturated heterocycles. The molecule has 0 aromatic heterocycles. The highest BCUT2D eigenvalue weighted by atomic mass is 16.6. The van der Waals surface area contributed by atoms with Gasteiger partial charge in [-0.2, -0.15) is 0 Å². The van der Waals surface area contributed by atoms with Crippen LogP contribution in [0.15, 0.2) is 30.3 Å². The number of rotatable bonds is 5. The van der Waals surface area contributed by atoms with E-state index in [4.69, 9.17) is 9.84 Å². The van der Waals surface area contributed by atoms with Crippen molar-refractivity contribution in [1.29, 1.82) is 0 Å². The topological polar surface area (TPSA) is 61.8 Å². The van der Waals surface area contributed by atoms with Gasteiger partial charge in [0.05, 0.1) is 6.04 Å². The normalized spacial score (nSPS) is 21.6. The van der Waals surface area contributed by atoms with Gasteiger partial charge in [-0.15, -0.1) is 0 Å². The number of carbonyl (C=O) groups excluding carboxylic acids is 1. The van der Waals surface area contributed by atoms with E-state index in [1.54, 1.807) is 0 Å². The Balaban J connectivity index is 2.10. The zero-order valence-corrected chi connectivity index (χ0v) is 15.0. The summed E-state index contributed by atoms with van der Waals surface area (Å²) in [6.45, 7) is 7.36. The summed E-state index contributed by atoms with van der Waals surface area (Å²) in [5.41, 5.74) is 0.645. The molecule has 2 atom stereocenters. The van der Waals surface area contributed by atoms with E-state index in [0.29, 0.717) is 12.6 Å².